The number of nitrogens with one attached hydrogen (secondary N) is 1. The minimum absolute atomic E-state index is 0.156. The molecule has 0 atom stereocenters. The summed E-state index contributed by atoms with van der Waals surface area (Å²) in [6.45, 7) is 2.53. The van der Waals surface area contributed by atoms with Gasteiger partial charge in [0.25, 0.3) is 0 Å². The third kappa shape index (κ3) is 3.92. The Balaban J connectivity index is 2.19. The first kappa shape index (κ1) is 4.92. The molecule has 1 radical (unpaired) electrons. The van der Waals surface area contributed by atoms with E-state index in [2.05, 4.69) is 5.32 Å². The van der Waals surface area contributed by atoms with Gasteiger partial charge in [0.05, 0.1) is 0 Å². The van der Waals surface area contributed by atoms with Crippen LogP contribution in [0, 0.1) is 0 Å². The van der Waals surface area contributed by atoms with E-state index in [1.165, 1.54) is 0 Å². The highest BCUT2D eigenvalue weighted by Gasteiger charge is 1.66. The molecule has 0 aliphatic heterocycles. The fraction of sp³-hybridized carbons (Fsp3) is 1.00. The quantitative estimate of drug-likeness (QED) is 0.459. The highest BCUT2D eigenvalue weighted by Crippen LogP contribution is 1.44. The van der Waals surface area contributed by atoms with E-state index >= 15 is 0 Å². The van der Waals surface area contributed by atoms with Gasteiger partial charge in [0.2, 0.25) is 0 Å². The van der Waals surface area contributed by atoms with Gasteiger partial charge in [-0.25, -0.2) is 5.11 Å². The number of hydrogen-bond donors (Lipinski definition) is 1. The van der Waals surface area contributed by atoms with Crippen LogP contribution in [0.15, 0.2) is 0 Å². The van der Waals surface area contributed by atoms with E-state index in [1.807, 2.05) is 6.92 Å². The first-order chi connectivity index (χ1) is 2.41. The molecule has 0 spiro atoms. The van der Waals surface area contributed by atoms with Gasteiger partial charge in [0.15, 0.2) is 0 Å². The Morgan fingerprint density at radius 2 is 2.40 bits per heavy atom. The van der Waals surface area contributed by atoms with Crippen LogP contribution in [0.1, 0.15) is 6.92 Å². The molecule has 2 nitrogen and oxygen atoms in total. The maximum absolute atomic E-state index is 9.42. The lowest BCUT2D eigenvalue weighted by molar-refractivity contribution is 0.170. The predicted molar refractivity (Wildman–Crippen MR) is 19.2 cm³/mol. The average molecular weight is 74.1 g/mol. The highest BCUT2D eigenvalue weighted by molar-refractivity contribution is 4.20. The second-order valence-electron chi connectivity index (χ2n) is 0.748. The third-order valence-electron chi connectivity index (χ3n) is 0.352. The maximum atomic E-state index is 9.42. The topological polar surface area (TPSA) is 31.9 Å². The Labute approximate surface area is 31.8 Å². The van der Waals surface area contributed by atoms with E-state index < -0.39 is 0 Å². The molecule has 31 valence electrons. The summed E-state index contributed by atoms with van der Waals surface area (Å²) in [5, 5.41) is 12.0. The fourth-order valence-electron chi connectivity index (χ4n) is 0.102. The summed E-state index contributed by atoms with van der Waals surface area (Å²) >= 11 is 0. The summed E-state index contributed by atoms with van der Waals surface area (Å²) < 4.78 is 0. The molecule has 0 aliphatic rings. The molecule has 0 rings (SSSR count). The van der Waals surface area contributed by atoms with Gasteiger partial charge in [0.1, 0.15) is 6.73 Å². The number of rotatable bonds is 2. The Kier molecular flexibility index (Phi) is 3.86. The molecule has 0 unspecified atom stereocenters. The molecule has 0 bridgehead atoms. The maximum Gasteiger partial charge on any atom is 0.133 e. The first-order valence-corrected chi connectivity index (χ1v) is 1.70. The zero-order chi connectivity index (χ0) is 4.12. The Morgan fingerprint density at radius 1 is 1.80 bits per heavy atom. The number of hydrogen-bond acceptors (Lipinski definition) is 1. The van der Waals surface area contributed by atoms with Crippen LogP contribution < -0.4 is 5.32 Å². The second-order valence-corrected chi connectivity index (χ2v) is 0.748. The van der Waals surface area contributed by atoms with E-state index in [1.54, 1.807) is 0 Å². The first-order valence-electron chi connectivity index (χ1n) is 1.70. The molecule has 2 heteroatoms. The molecule has 0 aliphatic carbocycles. The summed E-state index contributed by atoms with van der Waals surface area (Å²) in [4.78, 5) is 0. The van der Waals surface area contributed by atoms with E-state index in [0.717, 1.165) is 6.54 Å². The molecule has 5 heavy (non-hydrogen) atoms. The van der Waals surface area contributed by atoms with Gasteiger partial charge in [0, 0.05) is 0 Å². The van der Waals surface area contributed by atoms with Crippen LogP contribution in [0.3, 0.4) is 0 Å². The molecule has 0 aromatic rings. The third-order valence-corrected chi connectivity index (χ3v) is 0.352. The smallest absolute Gasteiger partial charge is 0.133 e. The van der Waals surface area contributed by atoms with Crippen molar-refractivity contribution in [2.75, 3.05) is 13.3 Å². The molecule has 0 fully saturated rings. The van der Waals surface area contributed by atoms with E-state index in [4.69, 9.17) is 0 Å². The van der Waals surface area contributed by atoms with Crippen molar-refractivity contribution in [1.82, 2.24) is 5.32 Å². The van der Waals surface area contributed by atoms with E-state index in [-0.39, 0.29) is 6.73 Å². The van der Waals surface area contributed by atoms with Gasteiger partial charge in [-0.1, -0.05) is 6.92 Å². The molecule has 1 N–H and O–H groups in total. The van der Waals surface area contributed by atoms with E-state index in [9.17, 15) is 5.11 Å². The Bertz CT molecular complexity index is 14.4. The molecule has 0 saturated carbocycles. The van der Waals surface area contributed by atoms with Crippen LogP contribution in [0.5, 0.6) is 0 Å². The Hall–Kier alpha value is -0.0800. The van der Waals surface area contributed by atoms with Gasteiger partial charge in [-0.15, -0.1) is 0 Å². The highest BCUT2D eigenvalue weighted by atomic mass is 16.3. The molecule has 0 heterocycles. The van der Waals surface area contributed by atoms with Crippen LogP contribution >= 0.6 is 0 Å². The zero-order valence-electron chi connectivity index (χ0n) is 3.32. The second kappa shape index (κ2) is 3.92. The molecule has 0 aromatic heterocycles. The SMILES string of the molecule is CCNC[O]. The van der Waals surface area contributed by atoms with E-state index in [0.29, 0.717) is 0 Å². The molecular weight excluding hydrogens is 66.0 g/mol. The lowest BCUT2D eigenvalue weighted by Crippen LogP contribution is -2.11. The van der Waals surface area contributed by atoms with Crippen LogP contribution in [0.2, 0.25) is 0 Å². The van der Waals surface area contributed by atoms with Crippen molar-refractivity contribution in [3.63, 3.8) is 0 Å². The van der Waals surface area contributed by atoms with Crippen molar-refractivity contribution in [2.45, 2.75) is 6.92 Å². The largest absolute Gasteiger partial charge is 0.292 e. The molecule has 0 saturated heterocycles. The van der Waals surface area contributed by atoms with Crippen molar-refractivity contribution < 1.29 is 5.11 Å². The predicted octanol–water partition coefficient (Wildman–Crippen LogP) is -0.0161. The van der Waals surface area contributed by atoms with Crippen molar-refractivity contribution in [2.24, 2.45) is 0 Å². The minimum Gasteiger partial charge on any atom is -0.292 e. The lowest BCUT2D eigenvalue weighted by atomic mass is 10.8. The summed E-state index contributed by atoms with van der Waals surface area (Å²) in [6.07, 6.45) is 0. The van der Waals surface area contributed by atoms with Crippen LogP contribution in [0.4, 0.5) is 0 Å². The fourth-order valence-corrected chi connectivity index (χ4v) is 0.102. The van der Waals surface area contributed by atoms with Crippen LogP contribution in [0.25, 0.3) is 0 Å². The standard InChI is InChI=1S/C3H8NO/c1-2-4-3-5/h4H,2-3H2,1H3. The normalized spacial score (nSPS) is 8.40. The summed E-state index contributed by atoms with van der Waals surface area (Å²) in [5.41, 5.74) is 0. The van der Waals surface area contributed by atoms with Gasteiger partial charge in [-0.05, 0) is 6.54 Å². The van der Waals surface area contributed by atoms with Gasteiger partial charge in [-0.2, -0.15) is 0 Å². The van der Waals surface area contributed by atoms with Gasteiger partial charge in [-0.3, -0.25) is 5.32 Å². The molecule has 0 amide bonds. The van der Waals surface area contributed by atoms with Crippen LogP contribution in [-0.4, -0.2) is 13.3 Å². The van der Waals surface area contributed by atoms with Crippen molar-refractivity contribution >= 4 is 0 Å². The van der Waals surface area contributed by atoms with Crippen molar-refractivity contribution in [1.29, 1.82) is 0 Å². The van der Waals surface area contributed by atoms with Crippen molar-refractivity contribution in [3.8, 4) is 0 Å². The van der Waals surface area contributed by atoms with Crippen LogP contribution in [-0.2, 0) is 5.11 Å². The lowest BCUT2D eigenvalue weighted by Gasteiger charge is -1.83. The van der Waals surface area contributed by atoms with Crippen molar-refractivity contribution in [3.05, 3.63) is 0 Å². The van der Waals surface area contributed by atoms with Gasteiger partial charge >= 0.3 is 0 Å². The zero-order valence-corrected chi connectivity index (χ0v) is 3.32. The van der Waals surface area contributed by atoms with Gasteiger partial charge < -0.3 is 0 Å². The average Bonchev–Trinajstić information content (AvgIpc) is 1.41. The monoisotopic (exact) mass is 74.1 g/mol. The summed E-state index contributed by atoms with van der Waals surface area (Å²) in [7, 11) is 0. The summed E-state index contributed by atoms with van der Waals surface area (Å²) in [6, 6.07) is 0. The molecule has 0 aromatic carbocycles. The molecular formula is C3H8NO. The Morgan fingerprint density at radius 3 is 2.40 bits per heavy atom. The minimum atomic E-state index is -0.156. The summed E-state index contributed by atoms with van der Waals surface area (Å²) in [5.74, 6) is 0.